The van der Waals surface area contributed by atoms with Gasteiger partial charge in [0.2, 0.25) is 5.82 Å². The predicted octanol–water partition coefficient (Wildman–Crippen LogP) is 3.99. The quantitative estimate of drug-likeness (QED) is 0.591. The van der Waals surface area contributed by atoms with Gasteiger partial charge in [-0.25, -0.2) is 9.67 Å². The maximum Gasteiger partial charge on any atom is 0.293 e. The summed E-state index contributed by atoms with van der Waals surface area (Å²) in [6.45, 7) is 6.48. The zero-order valence-electron chi connectivity index (χ0n) is 18.3. The van der Waals surface area contributed by atoms with Gasteiger partial charge in [-0.2, -0.15) is 0 Å². The molecule has 0 saturated heterocycles. The van der Waals surface area contributed by atoms with Gasteiger partial charge in [-0.1, -0.05) is 32.0 Å². The molecule has 158 valence electrons. The van der Waals surface area contributed by atoms with Crippen molar-refractivity contribution in [1.82, 2.24) is 19.7 Å². The van der Waals surface area contributed by atoms with E-state index in [9.17, 15) is 4.79 Å². The minimum absolute atomic E-state index is 0.168. The molecular weight excluding hydrogens is 380 g/mol. The van der Waals surface area contributed by atoms with Gasteiger partial charge in [0.1, 0.15) is 17.3 Å². The largest absolute Gasteiger partial charge is 0.497 e. The number of aryl methyl sites for hydroxylation is 1. The van der Waals surface area contributed by atoms with Crippen molar-refractivity contribution < 1.29 is 14.3 Å². The number of nitrogens with zero attached hydrogens (tertiary/aromatic N) is 4. The molecule has 0 aliphatic carbocycles. The maximum absolute atomic E-state index is 13.0. The van der Waals surface area contributed by atoms with Crippen molar-refractivity contribution in [2.24, 2.45) is 0 Å². The first-order valence-electron chi connectivity index (χ1n) is 9.85. The molecule has 1 amide bonds. The van der Waals surface area contributed by atoms with E-state index >= 15 is 0 Å². The van der Waals surface area contributed by atoms with Crippen molar-refractivity contribution in [2.75, 3.05) is 21.3 Å². The fraction of sp³-hybridized carbons (Fsp3) is 0.348. The summed E-state index contributed by atoms with van der Waals surface area (Å²) in [5.74, 6) is 2.27. The highest BCUT2D eigenvalue weighted by molar-refractivity contribution is 5.90. The molecule has 0 aliphatic heterocycles. The van der Waals surface area contributed by atoms with E-state index in [2.05, 4.69) is 30.0 Å². The Morgan fingerprint density at radius 2 is 1.87 bits per heavy atom. The first-order chi connectivity index (χ1) is 14.3. The average molecular weight is 409 g/mol. The van der Waals surface area contributed by atoms with Gasteiger partial charge in [-0.15, -0.1) is 5.10 Å². The Morgan fingerprint density at radius 1 is 1.13 bits per heavy atom. The van der Waals surface area contributed by atoms with Crippen LogP contribution in [0.25, 0.3) is 5.69 Å². The number of carbonyl (C=O) groups excluding carboxylic acids is 1. The Morgan fingerprint density at radius 3 is 2.53 bits per heavy atom. The smallest absolute Gasteiger partial charge is 0.293 e. The van der Waals surface area contributed by atoms with Crippen LogP contribution in [0.2, 0.25) is 0 Å². The number of aromatic nitrogens is 3. The van der Waals surface area contributed by atoms with Crippen LogP contribution in [0.15, 0.2) is 42.5 Å². The molecule has 0 saturated carbocycles. The molecule has 0 radical (unpaired) electrons. The molecular formula is C23H28N4O3. The molecule has 7 nitrogen and oxygen atoms in total. The summed E-state index contributed by atoms with van der Waals surface area (Å²) in [5, 5.41) is 4.52. The molecule has 3 aromatic rings. The van der Waals surface area contributed by atoms with Crippen molar-refractivity contribution in [3.8, 4) is 17.2 Å². The topological polar surface area (TPSA) is 69.5 Å². The highest BCUT2D eigenvalue weighted by Gasteiger charge is 2.21. The second-order valence-corrected chi connectivity index (χ2v) is 7.45. The van der Waals surface area contributed by atoms with Gasteiger partial charge >= 0.3 is 0 Å². The van der Waals surface area contributed by atoms with E-state index in [0.717, 1.165) is 16.8 Å². The summed E-state index contributed by atoms with van der Waals surface area (Å²) >= 11 is 0. The normalized spacial score (nSPS) is 10.9. The summed E-state index contributed by atoms with van der Waals surface area (Å²) in [6, 6.07) is 13.6. The van der Waals surface area contributed by atoms with Gasteiger partial charge in [0.05, 0.1) is 19.9 Å². The van der Waals surface area contributed by atoms with Gasteiger partial charge < -0.3 is 14.4 Å². The summed E-state index contributed by atoms with van der Waals surface area (Å²) in [5.41, 5.74) is 2.97. The van der Waals surface area contributed by atoms with Crippen LogP contribution in [-0.4, -0.2) is 46.8 Å². The SMILES string of the molecule is COc1ccc(CN(C)C(=O)c2nc(C)n(-c3ccccc3C(C)C)n2)c(OC)c1. The maximum atomic E-state index is 13.0. The minimum Gasteiger partial charge on any atom is -0.497 e. The lowest BCUT2D eigenvalue weighted by Crippen LogP contribution is -2.27. The summed E-state index contributed by atoms with van der Waals surface area (Å²) in [7, 11) is 4.93. The van der Waals surface area contributed by atoms with Crippen LogP contribution in [0, 0.1) is 6.92 Å². The summed E-state index contributed by atoms with van der Waals surface area (Å²) in [4.78, 5) is 19.0. The van der Waals surface area contributed by atoms with Gasteiger partial charge in [0.25, 0.3) is 5.91 Å². The first kappa shape index (κ1) is 21.4. The van der Waals surface area contributed by atoms with Crippen LogP contribution in [0.4, 0.5) is 0 Å². The molecule has 1 aromatic heterocycles. The Balaban J connectivity index is 1.86. The second kappa shape index (κ2) is 8.98. The minimum atomic E-state index is -0.253. The molecule has 0 spiro atoms. The molecule has 1 heterocycles. The van der Waals surface area contributed by atoms with Crippen molar-refractivity contribution in [1.29, 1.82) is 0 Å². The highest BCUT2D eigenvalue weighted by atomic mass is 16.5. The van der Waals surface area contributed by atoms with Gasteiger partial charge in [0, 0.05) is 25.2 Å². The highest BCUT2D eigenvalue weighted by Crippen LogP contribution is 2.26. The molecule has 0 unspecified atom stereocenters. The van der Waals surface area contributed by atoms with Crippen LogP contribution >= 0.6 is 0 Å². The number of carbonyl (C=O) groups is 1. The van der Waals surface area contributed by atoms with Crippen molar-refractivity contribution in [3.63, 3.8) is 0 Å². The van der Waals surface area contributed by atoms with Crippen molar-refractivity contribution in [3.05, 3.63) is 65.2 Å². The third kappa shape index (κ3) is 4.30. The van der Waals surface area contributed by atoms with E-state index in [1.165, 1.54) is 0 Å². The van der Waals surface area contributed by atoms with Gasteiger partial charge in [-0.3, -0.25) is 4.79 Å². The number of amides is 1. The van der Waals surface area contributed by atoms with E-state index in [-0.39, 0.29) is 11.7 Å². The monoisotopic (exact) mass is 408 g/mol. The Kier molecular flexibility index (Phi) is 6.40. The molecule has 0 aliphatic rings. The molecule has 0 N–H and O–H groups in total. The fourth-order valence-electron chi connectivity index (χ4n) is 3.36. The zero-order chi connectivity index (χ0) is 21.8. The zero-order valence-corrected chi connectivity index (χ0v) is 18.3. The Hall–Kier alpha value is -3.35. The van der Waals surface area contributed by atoms with Crippen LogP contribution in [0.1, 0.15) is 47.3 Å². The standard InChI is InChI=1S/C23H28N4O3/c1-15(2)19-9-7-8-10-20(19)27-16(3)24-22(25-27)23(28)26(4)14-17-11-12-18(29-5)13-21(17)30-6/h7-13,15H,14H2,1-6H3. The first-order valence-corrected chi connectivity index (χ1v) is 9.85. The molecule has 3 rings (SSSR count). The number of rotatable bonds is 7. The second-order valence-electron chi connectivity index (χ2n) is 7.45. The number of benzene rings is 2. The lowest BCUT2D eigenvalue weighted by molar-refractivity contribution is 0.0772. The van der Waals surface area contributed by atoms with Crippen LogP contribution in [0.5, 0.6) is 11.5 Å². The van der Waals surface area contributed by atoms with E-state index in [4.69, 9.17) is 9.47 Å². The lowest BCUT2D eigenvalue weighted by Gasteiger charge is -2.18. The fourth-order valence-corrected chi connectivity index (χ4v) is 3.36. The number of ether oxygens (including phenoxy) is 2. The number of hydrogen-bond donors (Lipinski definition) is 0. The summed E-state index contributed by atoms with van der Waals surface area (Å²) < 4.78 is 12.4. The van der Waals surface area contributed by atoms with Crippen LogP contribution < -0.4 is 9.47 Å². The van der Waals surface area contributed by atoms with Crippen molar-refractivity contribution >= 4 is 5.91 Å². The van der Waals surface area contributed by atoms with Crippen molar-refractivity contribution in [2.45, 2.75) is 33.2 Å². The number of methoxy groups -OCH3 is 2. The summed E-state index contributed by atoms with van der Waals surface area (Å²) in [6.07, 6.45) is 0. The number of para-hydroxylation sites is 1. The molecule has 0 fully saturated rings. The van der Waals surface area contributed by atoms with E-state index in [1.807, 2.05) is 37.3 Å². The molecule has 7 heteroatoms. The van der Waals surface area contributed by atoms with E-state index in [1.54, 1.807) is 36.9 Å². The Labute approximate surface area is 177 Å². The molecule has 2 aromatic carbocycles. The predicted molar refractivity (Wildman–Crippen MR) is 116 cm³/mol. The lowest BCUT2D eigenvalue weighted by atomic mass is 10.0. The molecule has 0 atom stereocenters. The molecule has 30 heavy (non-hydrogen) atoms. The van der Waals surface area contributed by atoms with Gasteiger partial charge in [0.15, 0.2) is 0 Å². The van der Waals surface area contributed by atoms with Crippen LogP contribution in [0.3, 0.4) is 0 Å². The average Bonchev–Trinajstić information content (AvgIpc) is 3.14. The third-order valence-electron chi connectivity index (χ3n) is 5.00. The van der Waals surface area contributed by atoms with E-state index in [0.29, 0.717) is 29.8 Å². The third-order valence-corrected chi connectivity index (χ3v) is 5.00. The van der Waals surface area contributed by atoms with E-state index < -0.39 is 0 Å². The Bertz CT molecular complexity index is 1040. The molecule has 0 bridgehead atoms. The van der Waals surface area contributed by atoms with Gasteiger partial charge in [-0.05, 0) is 36.6 Å². The van der Waals surface area contributed by atoms with Crippen LogP contribution in [-0.2, 0) is 6.54 Å². The number of hydrogen-bond acceptors (Lipinski definition) is 5.